The minimum atomic E-state index is -2.65. The molecule has 8 aromatic carbocycles. The maximum Gasteiger partial charge on any atom is 2.00 e. The van der Waals surface area contributed by atoms with E-state index >= 15 is 0 Å². The van der Waals surface area contributed by atoms with Crippen LogP contribution in [-0.2, 0) is 48.1 Å². The third kappa shape index (κ3) is 10.1. The van der Waals surface area contributed by atoms with Crippen LogP contribution in [0.15, 0.2) is 170 Å². The minimum Gasteiger partial charge on any atom is -0.509 e. The molecule has 0 atom stereocenters. The van der Waals surface area contributed by atoms with Gasteiger partial charge in [0.15, 0.2) is 0 Å². The predicted octanol–water partition coefficient (Wildman–Crippen LogP) is 20.0. The average Bonchev–Trinajstić information content (AvgIpc) is 1.32. The second-order valence-corrected chi connectivity index (χ2v) is 26.4. The molecule has 2 aromatic heterocycles. The number of ether oxygens (including phenoxy) is 1. The van der Waals surface area contributed by atoms with E-state index in [2.05, 4.69) is 216 Å². The van der Waals surface area contributed by atoms with Crippen LogP contribution >= 0.6 is 0 Å². The smallest absolute Gasteiger partial charge is 0.509 e. The van der Waals surface area contributed by atoms with Crippen molar-refractivity contribution in [2.75, 3.05) is 0 Å². The van der Waals surface area contributed by atoms with Gasteiger partial charge in [-0.05, 0) is 131 Å². The Morgan fingerprint density at radius 1 is 0.593 bits per heavy atom. The van der Waals surface area contributed by atoms with Crippen molar-refractivity contribution >= 4 is 50.6 Å². The summed E-state index contributed by atoms with van der Waals surface area (Å²) in [5.74, 6) is 1.22. The van der Waals surface area contributed by atoms with Crippen molar-refractivity contribution in [3.8, 4) is 50.7 Å². The molecule has 0 fully saturated rings. The first-order valence-electron chi connectivity index (χ1n) is 31.1. The normalized spacial score (nSPS) is 16.0. The Morgan fingerprint density at radius 2 is 1.23 bits per heavy atom. The van der Waals surface area contributed by atoms with Crippen molar-refractivity contribution in [1.29, 1.82) is 0 Å². The van der Waals surface area contributed by atoms with Gasteiger partial charge in [-0.15, -0.1) is 23.6 Å². The second kappa shape index (κ2) is 20.2. The molecule has 5 nitrogen and oxygen atoms in total. The third-order valence-corrected chi connectivity index (χ3v) is 16.6. The molecule has 6 heteroatoms. The molecule has 0 unspecified atom stereocenters. The summed E-state index contributed by atoms with van der Waals surface area (Å²) in [6.07, 6.45) is 3.12. The van der Waals surface area contributed by atoms with Crippen molar-refractivity contribution in [1.82, 2.24) is 18.7 Å². The minimum absolute atomic E-state index is 0. The largest absolute Gasteiger partial charge is 2.00 e. The van der Waals surface area contributed by atoms with Crippen molar-refractivity contribution in [2.24, 2.45) is 0 Å². The first-order chi connectivity index (χ1) is 40.4. The molecule has 408 valence electrons. The van der Waals surface area contributed by atoms with Crippen molar-refractivity contribution < 1.29 is 34.0 Å². The van der Waals surface area contributed by atoms with E-state index in [1.807, 2.05) is 45.5 Å². The molecule has 1 aliphatic heterocycles. The van der Waals surface area contributed by atoms with Gasteiger partial charge in [-0.2, -0.15) is 12.1 Å². The van der Waals surface area contributed by atoms with Crippen LogP contribution in [0.2, 0.25) is 0 Å². The van der Waals surface area contributed by atoms with E-state index in [4.69, 9.17) is 16.6 Å². The maximum atomic E-state index is 9.42. The van der Waals surface area contributed by atoms with Crippen LogP contribution in [0.1, 0.15) is 144 Å². The Balaban J connectivity index is 0.00000784. The molecule has 2 aliphatic rings. The number of hydrogen-bond acceptors (Lipinski definition) is 2. The number of para-hydroxylation sites is 3. The van der Waals surface area contributed by atoms with Crippen LogP contribution in [0.5, 0.6) is 11.5 Å². The van der Waals surface area contributed by atoms with Crippen LogP contribution in [0.25, 0.3) is 61.0 Å². The van der Waals surface area contributed by atoms with Gasteiger partial charge in [0.1, 0.15) is 11.5 Å². The molecular formula is C75H74N4OPt+2. The van der Waals surface area contributed by atoms with Crippen LogP contribution in [-0.4, -0.2) is 15.6 Å². The van der Waals surface area contributed by atoms with Crippen LogP contribution in [0.4, 0.5) is 22.7 Å². The fourth-order valence-electron chi connectivity index (χ4n) is 11.8. The quantitative estimate of drug-likeness (QED) is 0.112. The molecule has 81 heavy (non-hydrogen) atoms. The fraction of sp³-hybridized carbons (Fsp3) is 0.280. The van der Waals surface area contributed by atoms with E-state index in [1.54, 1.807) is 12.3 Å². The molecule has 0 saturated carbocycles. The Labute approximate surface area is 503 Å². The topological polar surface area (TPSA) is 33.1 Å². The molecule has 0 N–H and O–H groups in total. The van der Waals surface area contributed by atoms with E-state index in [1.165, 1.54) is 11.1 Å². The number of aromatic nitrogens is 2. The van der Waals surface area contributed by atoms with Gasteiger partial charge in [-0.3, -0.25) is 0 Å². The number of rotatable bonds is 8. The van der Waals surface area contributed by atoms with Crippen molar-refractivity contribution in [2.45, 2.75) is 137 Å². The summed E-state index contributed by atoms with van der Waals surface area (Å²) in [4.78, 5) is 5.09. The van der Waals surface area contributed by atoms with E-state index in [9.17, 15) is 1.37 Å². The molecule has 0 radical (unpaired) electrons. The molecule has 3 heterocycles. The second-order valence-electron chi connectivity index (χ2n) is 26.4. The predicted molar refractivity (Wildman–Crippen MR) is 336 cm³/mol. The van der Waals surface area contributed by atoms with Gasteiger partial charge in [0.05, 0.1) is 15.2 Å². The van der Waals surface area contributed by atoms with Crippen LogP contribution in [0, 0.1) is 19.0 Å². The number of pyridine rings is 1. The van der Waals surface area contributed by atoms with Crippen molar-refractivity contribution in [3.63, 3.8) is 0 Å². The molecule has 1 aliphatic carbocycles. The Hall–Kier alpha value is -7.42. The summed E-state index contributed by atoms with van der Waals surface area (Å²) in [5.41, 5.74) is 13.9. The monoisotopic (exact) mass is 1250 g/mol. The van der Waals surface area contributed by atoms with Gasteiger partial charge in [-0.25, -0.2) is 4.98 Å². The molecule has 0 spiro atoms. The Morgan fingerprint density at radius 3 is 1.95 bits per heavy atom. The molecular weight excluding hydrogens is 1170 g/mol. The van der Waals surface area contributed by atoms with E-state index in [0.29, 0.717) is 39.6 Å². The molecule has 12 rings (SSSR count). The van der Waals surface area contributed by atoms with Gasteiger partial charge in [-0.1, -0.05) is 209 Å². The molecule has 0 bridgehead atoms. The summed E-state index contributed by atoms with van der Waals surface area (Å²) < 4.78 is 67.8. The fourth-order valence-corrected chi connectivity index (χ4v) is 11.8. The van der Waals surface area contributed by atoms with Crippen LogP contribution < -0.4 is 13.9 Å². The summed E-state index contributed by atoms with van der Waals surface area (Å²) in [6.45, 7) is 25.7. The number of aryl methyl sites for hydroxylation is 1. The third-order valence-electron chi connectivity index (χ3n) is 16.6. The summed E-state index contributed by atoms with van der Waals surface area (Å²) in [7, 11) is 0. The number of hydrogen-bond donors (Lipinski definition) is 0. The molecule has 10 aromatic rings. The molecule has 0 saturated heterocycles. The standard InChI is InChI=1S/C75H74N4O.Pt/c1-48-41-68(76-46-62(48)60-27-20-28-63-69(60)75(13,14)40-39-74(63,11)12)79-64-38-35-53(73(8,9)10)43-61(64)59-37-36-56(45-67(59)79)80-55-24-18-23-54(44-55)77-47-78(66-30-16-15-29-65(66)77)70-57(49-31-33-51(34-32-49)71(2,3)4)25-19-26-58(70)50-21-17-22-52(42-50)72(5,6)7;/h15-38,41-43,46H,39-40H2,1-14H3;/q;+2/i1D3,20D,27D,28D;. The van der Waals surface area contributed by atoms with E-state index in [-0.39, 0.29) is 66.6 Å². The van der Waals surface area contributed by atoms with Gasteiger partial charge < -0.3 is 9.30 Å². The SMILES string of the molecule is [2H]c1c([2H])c(-c2cnc(-n3c4[c-]c(Oc5[c-]c([N+]6=C=[N+](c7c(-c8ccc(C(C)(C)C)cc8)cccc7-c7cccc(C(C)(C)C)c7)c7ccccc76)ccc5)ccc4c4cc(C(C)(C)C)ccc43)cc2C([2H])([2H])[2H])c2c(c1[2H])C(C)(C)CCC2(C)C.[Pt+2]. The van der Waals surface area contributed by atoms with Crippen molar-refractivity contribution in [3.05, 3.63) is 215 Å². The molecule has 0 amide bonds. The van der Waals surface area contributed by atoms with Gasteiger partial charge >= 0.3 is 27.1 Å². The van der Waals surface area contributed by atoms with Crippen LogP contribution in [0.3, 0.4) is 0 Å². The zero-order valence-corrected chi connectivity index (χ0v) is 51.1. The Bertz CT molecular complexity index is 4500. The summed E-state index contributed by atoms with van der Waals surface area (Å²) in [5, 5.41) is 1.82. The number of benzene rings is 8. The Kier molecular flexibility index (Phi) is 12.1. The summed E-state index contributed by atoms with van der Waals surface area (Å²) in [6, 6.07) is 61.1. The number of nitrogens with zero attached hydrogens (tertiary/aromatic N) is 4. The zero-order valence-electron chi connectivity index (χ0n) is 54.9. The van der Waals surface area contributed by atoms with Gasteiger partial charge in [0, 0.05) is 45.0 Å². The average molecular weight is 1250 g/mol. The zero-order chi connectivity index (χ0) is 61.4. The maximum absolute atomic E-state index is 9.42. The number of fused-ring (bicyclic) bond motifs is 5. The van der Waals surface area contributed by atoms with E-state index in [0.717, 1.165) is 79.6 Å². The first-order valence-corrected chi connectivity index (χ1v) is 28.1. The first kappa shape index (κ1) is 48.3. The van der Waals surface area contributed by atoms with E-state index < -0.39 is 17.7 Å². The van der Waals surface area contributed by atoms with Gasteiger partial charge in [0.2, 0.25) is 5.69 Å². The summed E-state index contributed by atoms with van der Waals surface area (Å²) >= 11 is 0. The van der Waals surface area contributed by atoms with Gasteiger partial charge in [0.25, 0.3) is 11.4 Å².